The van der Waals surface area contributed by atoms with Crippen LogP contribution < -0.4 is 5.32 Å². The van der Waals surface area contributed by atoms with Crippen molar-refractivity contribution in [2.75, 3.05) is 5.32 Å². The van der Waals surface area contributed by atoms with Gasteiger partial charge in [0.05, 0.1) is 16.3 Å². The van der Waals surface area contributed by atoms with Crippen molar-refractivity contribution in [3.8, 4) is 17.3 Å². The van der Waals surface area contributed by atoms with Crippen LogP contribution in [-0.4, -0.2) is 9.91 Å². The van der Waals surface area contributed by atoms with Crippen molar-refractivity contribution >= 4 is 28.3 Å². The number of halogens is 2. The van der Waals surface area contributed by atoms with E-state index in [4.69, 9.17) is 0 Å². The second kappa shape index (κ2) is 7.72. The van der Waals surface area contributed by atoms with Gasteiger partial charge in [0.15, 0.2) is 0 Å². The van der Waals surface area contributed by atoms with Crippen molar-refractivity contribution in [3.05, 3.63) is 80.8 Å². The zero-order chi connectivity index (χ0) is 19.4. The van der Waals surface area contributed by atoms with Crippen molar-refractivity contribution in [1.82, 2.24) is 4.98 Å². The topological polar surface area (TPSA) is 91.8 Å². The molecule has 0 atom stereocenters. The maximum Gasteiger partial charge on any atom is 0.271 e. The summed E-state index contributed by atoms with van der Waals surface area (Å²) in [5.74, 6) is -1.06. The zero-order valence-corrected chi connectivity index (χ0v) is 14.3. The number of thiazole rings is 1. The van der Waals surface area contributed by atoms with E-state index in [1.807, 2.05) is 6.07 Å². The Labute approximate surface area is 156 Å². The predicted molar refractivity (Wildman–Crippen MR) is 97.8 cm³/mol. The van der Waals surface area contributed by atoms with Gasteiger partial charge in [0.2, 0.25) is 0 Å². The Morgan fingerprint density at radius 2 is 2.00 bits per heavy atom. The van der Waals surface area contributed by atoms with Crippen LogP contribution in [0.25, 0.3) is 16.8 Å². The fraction of sp³-hybridized carbons (Fsp3) is 0. The Morgan fingerprint density at radius 3 is 2.67 bits per heavy atom. The molecule has 0 aliphatic rings. The molecular formula is C18H10F2N4O2S. The number of nitro groups is 1. The molecule has 0 spiro atoms. The second-order valence-electron chi connectivity index (χ2n) is 5.28. The fourth-order valence-corrected chi connectivity index (χ4v) is 2.97. The smallest absolute Gasteiger partial charge is 0.271 e. The number of allylic oxidation sites excluding steroid dienone is 1. The highest BCUT2D eigenvalue weighted by molar-refractivity contribution is 7.11. The Hall–Kier alpha value is -3.64. The molecule has 0 radical (unpaired) electrons. The lowest BCUT2D eigenvalue weighted by Crippen LogP contribution is -1.96. The first kappa shape index (κ1) is 18.2. The molecule has 134 valence electrons. The van der Waals surface area contributed by atoms with Gasteiger partial charge < -0.3 is 5.32 Å². The van der Waals surface area contributed by atoms with E-state index in [-0.39, 0.29) is 22.8 Å². The fourth-order valence-electron chi connectivity index (χ4n) is 2.18. The molecule has 27 heavy (non-hydrogen) atoms. The van der Waals surface area contributed by atoms with E-state index in [1.54, 1.807) is 17.5 Å². The van der Waals surface area contributed by atoms with Crippen molar-refractivity contribution in [2.24, 2.45) is 0 Å². The van der Waals surface area contributed by atoms with E-state index < -0.39 is 10.7 Å². The Kier molecular flexibility index (Phi) is 5.19. The van der Waals surface area contributed by atoms with Crippen LogP contribution in [0.1, 0.15) is 5.01 Å². The lowest BCUT2D eigenvalue weighted by Gasteiger charge is -2.03. The van der Waals surface area contributed by atoms with Gasteiger partial charge in [0.1, 0.15) is 28.3 Å². The number of benzene rings is 2. The summed E-state index contributed by atoms with van der Waals surface area (Å²) in [5.41, 5.74) is 0.969. The van der Waals surface area contributed by atoms with Gasteiger partial charge in [-0.3, -0.25) is 10.1 Å². The third-order valence-electron chi connectivity index (χ3n) is 3.53. The molecule has 0 bridgehead atoms. The number of nitrogens with zero attached hydrogens (tertiary/aromatic N) is 3. The number of nitro benzene ring substituents is 1. The quantitative estimate of drug-likeness (QED) is 0.381. The van der Waals surface area contributed by atoms with Gasteiger partial charge in [0.25, 0.3) is 5.69 Å². The summed E-state index contributed by atoms with van der Waals surface area (Å²) in [7, 11) is 0. The lowest BCUT2D eigenvalue weighted by molar-refractivity contribution is -0.384. The SMILES string of the molecule is N#CC(=CNc1cc([N+](=O)[O-])ccc1F)c1nc(-c2ccc(F)cc2)cs1. The maximum atomic E-state index is 13.8. The Morgan fingerprint density at radius 1 is 1.26 bits per heavy atom. The van der Waals surface area contributed by atoms with Crippen molar-refractivity contribution in [3.63, 3.8) is 0 Å². The van der Waals surface area contributed by atoms with Gasteiger partial charge in [-0.05, 0) is 30.3 Å². The summed E-state index contributed by atoms with van der Waals surface area (Å²) in [4.78, 5) is 14.5. The summed E-state index contributed by atoms with van der Waals surface area (Å²) in [6, 6.07) is 10.8. The third kappa shape index (κ3) is 4.13. The average Bonchev–Trinajstić information content (AvgIpc) is 3.14. The Balaban J connectivity index is 1.86. The number of anilines is 1. The number of nitriles is 1. The summed E-state index contributed by atoms with van der Waals surface area (Å²) in [6.07, 6.45) is 1.23. The van der Waals surface area contributed by atoms with Crippen molar-refractivity contribution in [2.45, 2.75) is 0 Å². The number of nitrogens with one attached hydrogen (secondary N) is 1. The van der Waals surface area contributed by atoms with Gasteiger partial charge in [-0.2, -0.15) is 5.26 Å². The molecular weight excluding hydrogens is 374 g/mol. The van der Waals surface area contributed by atoms with E-state index in [0.29, 0.717) is 16.3 Å². The molecule has 6 nitrogen and oxygen atoms in total. The van der Waals surface area contributed by atoms with Gasteiger partial charge in [-0.25, -0.2) is 13.8 Å². The van der Waals surface area contributed by atoms with E-state index in [9.17, 15) is 24.2 Å². The van der Waals surface area contributed by atoms with Gasteiger partial charge in [-0.15, -0.1) is 11.3 Å². The van der Waals surface area contributed by atoms with Crippen LogP contribution in [0.5, 0.6) is 0 Å². The van der Waals surface area contributed by atoms with Crippen LogP contribution in [0, 0.1) is 33.1 Å². The predicted octanol–water partition coefficient (Wildman–Crippen LogP) is 4.97. The number of aromatic nitrogens is 1. The molecule has 9 heteroatoms. The zero-order valence-electron chi connectivity index (χ0n) is 13.5. The van der Waals surface area contributed by atoms with E-state index >= 15 is 0 Å². The number of hydrogen-bond acceptors (Lipinski definition) is 6. The van der Waals surface area contributed by atoms with E-state index in [1.165, 1.54) is 29.7 Å². The van der Waals surface area contributed by atoms with Gasteiger partial charge >= 0.3 is 0 Å². The normalized spacial score (nSPS) is 11.1. The first-order chi connectivity index (χ1) is 13.0. The monoisotopic (exact) mass is 384 g/mol. The molecule has 3 rings (SSSR count). The minimum atomic E-state index is -0.694. The average molecular weight is 384 g/mol. The van der Waals surface area contributed by atoms with Crippen LogP contribution in [0.3, 0.4) is 0 Å². The largest absolute Gasteiger partial charge is 0.358 e. The molecule has 0 aliphatic carbocycles. The van der Waals surface area contributed by atoms with Crippen LogP contribution >= 0.6 is 11.3 Å². The van der Waals surface area contributed by atoms with E-state index in [2.05, 4.69) is 10.3 Å². The van der Waals surface area contributed by atoms with Crippen LogP contribution in [0.4, 0.5) is 20.2 Å². The molecule has 0 aliphatic heterocycles. The highest BCUT2D eigenvalue weighted by Crippen LogP contribution is 2.27. The molecule has 1 aromatic heterocycles. The maximum absolute atomic E-state index is 13.8. The summed E-state index contributed by atoms with van der Waals surface area (Å²) in [6.45, 7) is 0. The number of non-ortho nitro benzene ring substituents is 1. The standard InChI is InChI=1S/C18H10F2N4O2S/c19-13-3-1-11(2-4-13)17-10-27-18(23-17)12(8-21)9-22-16-7-14(24(25)26)5-6-15(16)20/h1-7,9-10,22H. The molecule has 0 amide bonds. The van der Waals surface area contributed by atoms with Gasteiger partial charge in [0, 0.05) is 29.3 Å². The number of hydrogen-bond donors (Lipinski definition) is 1. The molecule has 0 fully saturated rings. The molecule has 1 heterocycles. The van der Waals surface area contributed by atoms with Crippen LogP contribution in [0.2, 0.25) is 0 Å². The minimum Gasteiger partial charge on any atom is -0.358 e. The molecule has 0 unspecified atom stereocenters. The summed E-state index contributed by atoms with van der Waals surface area (Å²) < 4.78 is 26.8. The van der Waals surface area contributed by atoms with E-state index in [0.717, 1.165) is 18.2 Å². The highest BCUT2D eigenvalue weighted by Gasteiger charge is 2.12. The van der Waals surface area contributed by atoms with Crippen molar-refractivity contribution in [1.29, 1.82) is 5.26 Å². The molecule has 0 saturated heterocycles. The molecule has 1 N–H and O–H groups in total. The first-order valence-electron chi connectivity index (χ1n) is 7.50. The highest BCUT2D eigenvalue weighted by atomic mass is 32.1. The van der Waals surface area contributed by atoms with Crippen molar-refractivity contribution < 1.29 is 13.7 Å². The number of rotatable bonds is 5. The first-order valence-corrected chi connectivity index (χ1v) is 8.38. The Bertz CT molecular complexity index is 1070. The van der Waals surface area contributed by atoms with Crippen LogP contribution in [0.15, 0.2) is 54.0 Å². The second-order valence-corrected chi connectivity index (χ2v) is 6.14. The third-order valence-corrected chi connectivity index (χ3v) is 4.40. The summed E-state index contributed by atoms with van der Waals surface area (Å²) in [5, 5.41) is 24.8. The molecule has 0 saturated carbocycles. The minimum absolute atomic E-state index is 0.124. The molecule has 2 aromatic carbocycles. The summed E-state index contributed by atoms with van der Waals surface area (Å²) >= 11 is 1.19. The van der Waals surface area contributed by atoms with Gasteiger partial charge in [-0.1, -0.05) is 0 Å². The lowest BCUT2D eigenvalue weighted by atomic mass is 10.2. The molecule has 3 aromatic rings. The van der Waals surface area contributed by atoms with Crippen LogP contribution in [-0.2, 0) is 0 Å².